The molecule has 2 heterocycles. The van der Waals surface area contributed by atoms with E-state index in [2.05, 4.69) is 58.0 Å². The second-order valence-electron chi connectivity index (χ2n) is 8.21. The molecule has 3 atom stereocenters. The Morgan fingerprint density at radius 2 is 1.97 bits per heavy atom. The van der Waals surface area contributed by atoms with Crippen LogP contribution >= 0.6 is 0 Å². The molecule has 0 aromatic heterocycles. The molecule has 2 aromatic rings. The van der Waals surface area contributed by atoms with Crippen molar-refractivity contribution in [3.63, 3.8) is 0 Å². The third kappa shape index (κ3) is 3.99. The highest BCUT2D eigenvalue weighted by Crippen LogP contribution is 2.35. The van der Waals surface area contributed by atoms with Gasteiger partial charge in [-0.25, -0.2) is 4.99 Å². The predicted molar refractivity (Wildman–Crippen MR) is 120 cm³/mol. The van der Waals surface area contributed by atoms with Crippen LogP contribution in [0.1, 0.15) is 42.7 Å². The summed E-state index contributed by atoms with van der Waals surface area (Å²) in [4.78, 5) is 8.61. The maximum Gasteiger partial charge on any atom is 0.219 e. The summed E-state index contributed by atoms with van der Waals surface area (Å²) in [6, 6.07) is 19.4. The van der Waals surface area contributed by atoms with Crippen LogP contribution < -0.4 is 10.2 Å². The number of allylic oxidation sites excluding steroid dienone is 1. The lowest BCUT2D eigenvalue weighted by molar-refractivity contribution is -0.787. The van der Waals surface area contributed by atoms with E-state index in [-0.39, 0.29) is 0 Å². The summed E-state index contributed by atoms with van der Waals surface area (Å²) >= 11 is 0. The predicted octanol–water partition coefficient (Wildman–Crippen LogP) is 5.05. The van der Waals surface area contributed by atoms with Gasteiger partial charge in [-0.3, -0.25) is 4.99 Å². The molecule has 0 saturated heterocycles. The largest absolute Gasteiger partial charge is 0.489 e. The maximum absolute atomic E-state index is 6.06. The fourth-order valence-electron chi connectivity index (χ4n) is 4.56. The topological polar surface area (TPSA) is 46.0 Å². The van der Waals surface area contributed by atoms with Gasteiger partial charge in [-0.05, 0) is 48.4 Å². The molecule has 1 saturated carbocycles. The number of quaternary nitrogens is 1. The number of nitrogens with zero attached hydrogens (tertiary/aromatic N) is 3. The number of hydrogen-bond acceptors (Lipinski definition) is 4. The zero-order valence-electron chi connectivity index (χ0n) is 17.0. The summed E-state index contributed by atoms with van der Waals surface area (Å²) in [7, 11) is 0. The van der Waals surface area contributed by atoms with Crippen LogP contribution in [0.3, 0.4) is 0 Å². The molecule has 3 aliphatic rings. The summed E-state index contributed by atoms with van der Waals surface area (Å²) in [6.07, 6.45) is 14.3. The van der Waals surface area contributed by atoms with Crippen LogP contribution in [0.2, 0.25) is 0 Å². The SMILES string of the molecule is C1=C[N+]2(NC3CCCC(c4cccc(OCc5ccccc5)c4)C3)C=NC=C2C=N1. The highest BCUT2D eigenvalue weighted by Gasteiger charge is 2.38. The summed E-state index contributed by atoms with van der Waals surface area (Å²) in [5.41, 5.74) is 7.43. The van der Waals surface area contributed by atoms with Gasteiger partial charge in [0.25, 0.3) is 0 Å². The van der Waals surface area contributed by atoms with E-state index in [0.717, 1.165) is 17.9 Å². The minimum atomic E-state index is 0.418. The molecule has 0 spiro atoms. The number of rotatable bonds is 6. The number of benzene rings is 2. The Hall–Kier alpha value is -3.02. The van der Waals surface area contributed by atoms with Gasteiger partial charge in [-0.2, -0.15) is 0 Å². The third-order valence-electron chi connectivity index (χ3n) is 6.13. The van der Waals surface area contributed by atoms with E-state index in [1.165, 1.54) is 30.4 Å². The van der Waals surface area contributed by atoms with Crippen molar-refractivity contribution in [3.8, 4) is 5.75 Å². The van der Waals surface area contributed by atoms with Crippen LogP contribution in [0, 0.1) is 0 Å². The van der Waals surface area contributed by atoms with Crippen molar-refractivity contribution in [3.05, 3.63) is 90.0 Å². The van der Waals surface area contributed by atoms with Gasteiger partial charge in [0.1, 0.15) is 18.6 Å². The van der Waals surface area contributed by atoms with E-state index in [0.29, 0.717) is 23.2 Å². The van der Waals surface area contributed by atoms with E-state index in [9.17, 15) is 0 Å². The van der Waals surface area contributed by atoms with Crippen LogP contribution in [0.5, 0.6) is 5.75 Å². The molecule has 5 rings (SSSR count). The molecular formula is C25H27N4O+. The summed E-state index contributed by atoms with van der Waals surface area (Å²) in [6.45, 7) is 0.599. The Bertz CT molecular complexity index is 1010. The van der Waals surface area contributed by atoms with Gasteiger partial charge >= 0.3 is 0 Å². The number of fused-ring (bicyclic) bond motifs is 1. The number of hydrogen-bond donors (Lipinski definition) is 1. The average Bonchev–Trinajstić information content (AvgIpc) is 3.22. The van der Waals surface area contributed by atoms with Gasteiger partial charge in [0.2, 0.25) is 6.34 Å². The van der Waals surface area contributed by atoms with Crippen LogP contribution in [0.25, 0.3) is 0 Å². The molecule has 152 valence electrons. The van der Waals surface area contributed by atoms with Crippen LogP contribution in [-0.4, -0.2) is 23.2 Å². The lowest BCUT2D eigenvalue weighted by Gasteiger charge is -2.36. The van der Waals surface area contributed by atoms with Crippen molar-refractivity contribution in [2.24, 2.45) is 9.98 Å². The fraction of sp³-hybridized carbons (Fsp3) is 0.280. The van der Waals surface area contributed by atoms with Crippen molar-refractivity contribution < 1.29 is 9.33 Å². The van der Waals surface area contributed by atoms with Crippen LogP contribution in [0.4, 0.5) is 0 Å². The molecule has 1 fully saturated rings. The first-order chi connectivity index (χ1) is 14.8. The summed E-state index contributed by atoms with van der Waals surface area (Å²) < 4.78 is 6.53. The molecular weight excluding hydrogens is 372 g/mol. The second kappa shape index (κ2) is 8.38. The van der Waals surface area contributed by atoms with Gasteiger partial charge in [0.15, 0.2) is 5.70 Å². The summed E-state index contributed by atoms with van der Waals surface area (Å²) in [5, 5.41) is 0. The minimum absolute atomic E-state index is 0.418. The van der Waals surface area contributed by atoms with E-state index >= 15 is 0 Å². The smallest absolute Gasteiger partial charge is 0.219 e. The van der Waals surface area contributed by atoms with Gasteiger partial charge in [0, 0.05) is 0 Å². The first-order valence-electron chi connectivity index (χ1n) is 10.7. The van der Waals surface area contributed by atoms with Crippen molar-refractivity contribution in [1.82, 2.24) is 5.43 Å². The standard InChI is InChI=1S/C25H27N4O/c1-2-6-20(7-3-1)18-30-25-11-5-9-22(15-25)21-8-4-10-23(14-21)28-29-13-12-26-16-24(29)17-27-19-29/h1-3,5-7,9,11-13,15-17,19,21,23,28H,4,8,10,14,18H2/q+1. The first kappa shape index (κ1) is 19.0. The van der Waals surface area contributed by atoms with Crippen molar-refractivity contribution >= 4 is 12.6 Å². The van der Waals surface area contributed by atoms with E-state index in [1.807, 2.05) is 43.2 Å². The Kier molecular flexibility index (Phi) is 5.30. The molecule has 5 heteroatoms. The van der Waals surface area contributed by atoms with E-state index in [4.69, 9.17) is 4.74 Å². The monoisotopic (exact) mass is 399 g/mol. The van der Waals surface area contributed by atoms with Crippen molar-refractivity contribution in [2.45, 2.75) is 44.2 Å². The Morgan fingerprint density at radius 3 is 2.90 bits per heavy atom. The van der Waals surface area contributed by atoms with Crippen LogP contribution in [-0.2, 0) is 6.61 Å². The number of aliphatic imine (C=N–C) groups is 2. The van der Waals surface area contributed by atoms with Crippen molar-refractivity contribution in [2.75, 3.05) is 0 Å². The molecule has 1 N–H and O–H groups in total. The Morgan fingerprint density at radius 1 is 1.03 bits per heavy atom. The van der Waals surface area contributed by atoms with Gasteiger partial charge in [-0.1, -0.05) is 48.9 Å². The van der Waals surface area contributed by atoms with Gasteiger partial charge < -0.3 is 4.74 Å². The van der Waals surface area contributed by atoms with E-state index in [1.54, 1.807) is 0 Å². The first-order valence-corrected chi connectivity index (χ1v) is 10.7. The number of nitrogens with one attached hydrogen (secondary N) is 1. The second-order valence-corrected chi connectivity index (χ2v) is 8.21. The average molecular weight is 400 g/mol. The highest BCUT2D eigenvalue weighted by atomic mass is 16.5. The molecule has 0 bridgehead atoms. The molecule has 3 unspecified atom stereocenters. The zero-order valence-corrected chi connectivity index (χ0v) is 17.0. The Labute approximate surface area is 177 Å². The minimum Gasteiger partial charge on any atom is -0.489 e. The lowest BCUT2D eigenvalue weighted by Crippen LogP contribution is -2.56. The van der Waals surface area contributed by atoms with Crippen LogP contribution in [0.15, 0.2) is 88.9 Å². The van der Waals surface area contributed by atoms with E-state index < -0.39 is 0 Å². The Balaban J connectivity index is 1.25. The molecule has 2 aliphatic heterocycles. The highest BCUT2D eigenvalue weighted by molar-refractivity contribution is 5.81. The normalized spacial score (nSPS) is 27.0. The quantitative estimate of drug-likeness (QED) is 0.691. The van der Waals surface area contributed by atoms with Crippen molar-refractivity contribution in [1.29, 1.82) is 0 Å². The molecule has 30 heavy (non-hydrogen) atoms. The number of ether oxygens (including phenoxy) is 1. The van der Waals surface area contributed by atoms with Gasteiger partial charge in [0.05, 0.1) is 24.7 Å². The van der Waals surface area contributed by atoms with Gasteiger partial charge in [-0.15, -0.1) is 10.0 Å². The lowest BCUT2D eigenvalue weighted by atomic mass is 9.81. The maximum atomic E-state index is 6.06. The molecule has 2 aromatic carbocycles. The molecule has 0 radical (unpaired) electrons. The fourth-order valence-corrected chi connectivity index (χ4v) is 4.56. The summed E-state index contributed by atoms with van der Waals surface area (Å²) in [5.74, 6) is 1.48. The molecule has 5 nitrogen and oxygen atoms in total. The molecule has 0 amide bonds. The third-order valence-corrected chi connectivity index (χ3v) is 6.13. The molecule has 1 aliphatic carbocycles. The zero-order chi connectivity index (χ0) is 20.2.